The van der Waals surface area contributed by atoms with Gasteiger partial charge in [-0.15, -0.1) is 11.3 Å². The average Bonchev–Trinajstić information content (AvgIpc) is 3.26. The molecule has 0 atom stereocenters. The van der Waals surface area contributed by atoms with E-state index in [4.69, 9.17) is 0 Å². The Morgan fingerprint density at radius 2 is 2.12 bits per heavy atom. The SMILES string of the molecule is CN(C)C(=O)CN=C(NCCCC1CCCC1)NCc1cccs1. The minimum Gasteiger partial charge on any atom is -0.356 e. The smallest absolute Gasteiger partial charge is 0.243 e. The molecule has 0 radical (unpaired) electrons. The second-order valence-corrected chi connectivity index (χ2v) is 7.64. The highest BCUT2D eigenvalue weighted by atomic mass is 32.1. The van der Waals surface area contributed by atoms with Gasteiger partial charge in [-0.25, -0.2) is 4.99 Å². The van der Waals surface area contributed by atoms with Crippen molar-refractivity contribution < 1.29 is 4.79 Å². The Morgan fingerprint density at radius 3 is 2.79 bits per heavy atom. The molecule has 0 spiro atoms. The summed E-state index contributed by atoms with van der Waals surface area (Å²) in [7, 11) is 3.51. The highest BCUT2D eigenvalue weighted by molar-refractivity contribution is 7.09. The van der Waals surface area contributed by atoms with Gasteiger partial charge in [0.25, 0.3) is 0 Å². The van der Waals surface area contributed by atoms with Crippen molar-refractivity contribution in [3.8, 4) is 0 Å². The molecule has 0 aliphatic heterocycles. The fourth-order valence-electron chi connectivity index (χ4n) is 2.94. The van der Waals surface area contributed by atoms with Crippen LogP contribution < -0.4 is 10.6 Å². The fourth-order valence-corrected chi connectivity index (χ4v) is 3.59. The second kappa shape index (κ2) is 10.3. The van der Waals surface area contributed by atoms with E-state index in [1.165, 1.54) is 37.0 Å². The number of carbonyl (C=O) groups excluding carboxylic acids is 1. The topological polar surface area (TPSA) is 56.7 Å². The third-order valence-electron chi connectivity index (χ3n) is 4.44. The van der Waals surface area contributed by atoms with Gasteiger partial charge in [0.1, 0.15) is 6.54 Å². The van der Waals surface area contributed by atoms with E-state index in [1.807, 2.05) is 6.07 Å². The molecule has 1 fully saturated rings. The van der Waals surface area contributed by atoms with E-state index < -0.39 is 0 Å². The first kappa shape index (κ1) is 18.8. The van der Waals surface area contributed by atoms with Crippen LogP contribution in [0.4, 0.5) is 0 Å². The van der Waals surface area contributed by atoms with Crippen LogP contribution in [-0.4, -0.2) is 44.0 Å². The van der Waals surface area contributed by atoms with Crippen LogP contribution in [0.3, 0.4) is 0 Å². The number of nitrogens with zero attached hydrogens (tertiary/aromatic N) is 2. The standard InChI is InChI=1S/C18H30N4OS/c1-22(2)17(23)14-21-18(20-13-16-10-6-12-24-16)19-11-5-9-15-7-3-4-8-15/h6,10,12,15H,3-5,7-9,11,13-14H2,1-2H3,(H2,19,20,21). The predicted octanol–water partition coefficient (Wildman–Crippen LogP) is 2.84. The minimum absolute atomic E-state index is 0.0122. The van der Waals surface area contributed by atoms with E-state index in [-0.39, 0.29) is 12.5 Å². The van der Waals surface area contributed by atoms with Crippen LogP contribution in [0.2, 0.25) is 0 Å². The Hall–Kier alpha value is -1.56. The minimum atomic E-state index is 0.0122. The van der Waals surface area contributed by atoms with Crippen LogP contribution in [0.15, 0.2) is 22.5 Å². The van der Waals surface area contributed by atoms with E-state index in [0.717, 1.165) is 31.4 Å². The van der Waals surface area contributed by atoms with Crippen molar-refractivity contribution in [2.24, 2.45) is 10.9 Å². The van der Waals surface area contributed by atoms with E-state index in [1.54, 1.807) is 30.3 Å². The summed E-state index contributed by atoms with van der Waals surface area (Å²) in [5.74, 6) is 1.66. The summed E-state index contributed by atoms with van der Waals surface area (Å²) in [4.78, 5) is 19.0. The lowest BCUT2D eigenvalue weighted by molar-refractivity contribution is -0.127. The van der Waals surface area contributed by atoms with Gasteiger partial charge in [-0.05, 0) is 30.2 Å². The maximum Gasteiger partial charge on any atom is 0.243 e. The summed E-state index contributed by atoms with van der Waals surface area (Å²) in [6, 6.07) is 4.14. The molecule has 5 nitrogen and oxygen atoms in total. The molecule has 2 N–H and O–H groups in total. The van der Waals surface area contributed by atoms with Crippen LogP contribution in [0, 0.1) is 5.92 Å². The number of aliphatic imine (C=N–C) groups is 1. The van der Waals surface area contributed by atoms with Crippen LogP contribution in [0.5, 0.6) is 0 Å². The van der Waals surface area contributed by atoms with Gasteiger partial charge >= 0.3 is 0 Å². The first-order chi connectivity index (χ1) is 11.6. The molecule has 0 aromatic carbocycles. The molecule has 0 unspecified atom stereocenters. The monoisotopic (exact) mass is 350 g/mol. The van der Waals surface area contributed by atoms with Crippen LogP contribution in [0.25, 0.3) is 0 Å². The number of rotatable bonds is 8. The van der Waals surface area contributed by atoms with Crippen LogP contribution >= 0.6 is 11.3 Å². The quantitative estimate of drug-likeness (QED) is 0.431. The van der Waals surface area contributed by atoms with Crippen molar-refractivity contribution in [3.63, 3.8) is 0 Å². The zero-order chi connectivity index (χ0) is 17.2. The van der Waals surface area contributed by atoms with Gasteiger partial charge in [-0.1, -0.05) is 31.7 Å². The van der Waals surface area contributed by atoms with Gasteiger partial charge in [-0.2, -0.15) is 0 Å². The molecule has 0 saturated heterocycles. The Bertz CT molecular complexity index is 507. The normalized spacial score (nSPS) is 15.5. The number of guanidine groups is 1. The molecular weight excluding hydrogens is 320 g/mol. The Labute approximate surface area is 149 Å². The Kier molecular flexibility index (Phi) is 8.08. The molecule has 1 heterocycles. The number of thiophene rings is 1. The highest BCUT2D eigenvalue weighted by Crippen LogP contribution is 2.28. The molecule has 1 aromatic heterocycles. The van der Waals surface area contributed by atoms with Crippen LogP contribution in [0.1, 0.15) is 43.4 Å². The largest absolute Gasteiger partial charge is 0.356 e. The van der Waals surface area contributed by atoms with Gasteiger partial charge < -0.3 is 15.5 Å². The number of nitrogens with one attached hydrogen (secondary N) is 2. The molecule has 2 rings (SSSR count). The lowest BCUT2D eigenvalue weighted by atomic mass is 10.0. The molecular formula is C18H30N4OS. The van der Waals surface area contributed by atoms with Crippen molar-refractivity contribution in [2.75, 3.05) is 27.2 Å². The highest BCUT2D eigenvalue weighted by Gasteiger charge is 2.14. The van der Waals surface area contributed by atoms with Crippen molar-refractivity contribution in [1.29, 1.82) is 0 Å². The third kappa shape index (κ3) is 6.91. The summed E-state index contributed by atoms with van der Waals surface area (Å²) in [6.45, 7) is 1.82. The first-order valence-electron chi connectivity index (χ1n) is 8.90. The van der Waals surface area contributed by atoms with E-state index >= 15 is 0 Å². The van der Waals surface area contributed by atoms with Gasteiger partial charge in [0.2, 0.25) is 5.91 Å². The molecule has 1 amide bonds. The second-order valence-electron chi connectivity index (χ2n) is 6.61. The molecule has 1 saturated carbocycles. The van der Waals surface area contributed by atoms with E-state index in [2.05, 4.69) is 27.1 Å². The van der Waals surface area contributed by atoms with Gasteiger partial charge in [0.15, 0.2) is 5.96 Å². The molecule has 0 bridgehead atoms. The van der Waals surface area contributed by atoms with E-state index in [0.29, 0.717) is 0 Å². The molecule has 24 heavy (non-hydrogen) atoms. The lowest BCUT2D eigenvalue weighted by Crippen LogP contribution is -2.38. The Morgan fingerprint density at radius 1 is 1.33 bits per heavy atom. The number of hydrogen-bond donors (Lipinski definition) is 2. The summed E-state index contributed by atoms with van der Waals surface area (Å²) < 4.78 is 0. The zero-order valence-corrected chi connectivity index (χ0v) is 15.7. The summed E-state index contributed by atoms with van der Waals surface area (Å²) in [5, 5.41) is 8.76. The summed E-state index contributed by atoms with van der Waals surface area (Å²) in [6.07, 6.45) is 8.05. The number of amides is 1. The van der Waals surface area contributed by atoms with Gasteiger partial charge in [-0.3, -0.25) is 4.79 Å². The van der Waals surface area contributed by atoms with Crippen molar-refractivity contribution in [3.05, 3.63) is 22.4 Å². The van der Waals surface area contributed by atoms with Gasteiger partial charge in [0, 0.05) is 25.5 Å². The number of carbonyl (C=O) groups is 1. The van der Waals surface area contributed by atoms with Crippen molar-refractivity contribution in [1.82, 2.24) is 15.5 Å². The Balaban J connectivity index is 1.76. The molecule has 1 aromatic rings. The fraction of sp³-hybridized carbons (Fsp3) is 0.667. The first-order valence-corrected chi connectivity index (χ1v) is 9.78. The predicted molar refractivity (Wildman–Crippen MR) is 101 cm³/mol. The molecule has 1 aliphatic carbocycles. The maximum absolute atomic E-state index is 11.7. The van der Waals surface area contributed by atoms with Crippen LogP contribution in [-0.2, 0) is 11.3 Å². The number of hydrogen-bond acceptors (Lipinski definition) is 3. The van der Waals surface area contributed by atoms with Gasteiger partial charge in [0.05, 0.1) is 6.54 Å². The van der Waals surface area contributed by atoms with E-state index in [9.17, 15) is 4.79 Å². The zero-order valence-electron chi connectivity index (χ0n) is 14.9. The average molecular weight is 351 g/mol. The van der Waals surface area contributed by atoms with Crippen molar-refractivity contribution in [2.45, 2.75) is 45.1 Å². The van der Waals surface area contributed by atoms with Crippen molar-refractivity contribution >= 4 is 23.2 Å². The third-order valence-corrected chi connectivity index (χ3v) is 5.31. The lowest BCUT2D eigenvalue weighted by Gasteiger charge is -2.14. The maximum atomic E-state index is 11.7. The molecule has 6 heteroatoms. The molecule has 134 valence electrons. The number of likely N-dealkylation sites (N-methyl/N-ethyl adjacent to an activating group) is 1. The summed E-state index contributed by atoms with van der Waals surface area (Å²) >= 11 is 1.72. The summed E-state index contributed by atoms with van der Waals surface area (Å²) in [5.41, 5.74) is 0. The molecule has 1 aliphatic rings.